The van der Waals surface area contributed by atoms with Gasteiger partial charge in [0.25, 0.3) is 5.91 Å². The molecule has 2 aromatic rings. The minimum atomic E-state index is -0.225. The summed E-state index contributed by atoms with van der Waals surface area (Å²) < 4.78 is 5.54. The van der Waals surface area contributed by atoms with E-state index in [2.05, 4.69) is 15.3 Å². The van der Waals surface area contributed by atoms with Crippen molar-refractivity contribution in [2.24, 2.45) is 0 Å². The van der Waals surface area contributed by atoms with Crippen LogP contribution in [-0.4, -0.2) is 35.6 Å². The highest BCUT2D eigenvalue weighted by Gasteiger charge is 2.29. The van der Waals surface area contributed by atoms with Gasteiger partial charge in [0.15, 0.2) is 0 Å². The van der Waals surface area contributed by atoms with Crippen molar-refractivity contribution in [3.63, 3.8) is 0 Å². The molecule has 0 atom stereocenters. The lowest BCUT2D eigenvalue weighted by Crippen LogP contribution is -2.32. The number of rotatable bonds is 1. The number of carbonyl (C=O) groups is 1. The van der Waals surface area contributed by atoms with Gasteiger partial charge in [-0.15, -0.1) is 0 Å². The number of hydrogen-bond acceptors (Lipinski definition) is 6. The largest absolute Gasteiger partial charge is 0.475 e. The van der Waals surface area contributed by atoms with Crippen LogP contribution in [0.15, 0.2) is 24.5 Å². The van der Waals surface area contributed by atoms with E-state index < -0.39 is 0 Å². The summed E-state index contributed by atoms with van der Waals surface area (Å²) >= 11 is 0. The first kappa shape index (κ1) is 12.9. The average Bonchev–Trinajstić information content (AvgIpc) is 2.91. The number of amides is 1. The summed E-state index contributed by atoms with van der Waals surface area (Å²) in [5.74, 6) is 0.170. The molecule has 1 amide bonds. The van der Waals surface area contributed by atoms with Gasteiger partial charge in [-0.05, 0) is 30.2 Å². The number of carbonyl (C=O) groups excluding carboxylic acids is 1. The number of benzene rings is 1. The molecule has 0 unspecified atom stereocenters. The average molecular weight is 297 g/mol. The van der Waals surface area contributed by atoms with E-state index in [0.717, 1.165) is 24.3 Å². The lowest BCUT2D eigenvalue weighted by atomic mass is 10.1. The van der Waals surface area contributed by atoms with Crippen LogP contribution in [0.1, 0.15) is 15.9 Å². The van der Waals surface area contributed by atoms with Crippen LogP contribution >= 0.6 is 0 Å². The molecule has 112 valence electrons. The van der Waals surface area contributed by atoms with Crippen LogP contribution in [0.5, 0.6) is 5.88 Å². The number of anilines is 3. The van der Waals surface area contributed by atoms with Crippen LogP contribution in [0.4, 0.5) is 17.2 Å². The molecule has 7 nitrogen and oxygen atoms in total. The third-order valence-electron chi connectivity index (χ3n) is 3.96. The number of ether oxygens (including phenoxy) is 1. The molecule has 4 rings (SSSR count). The van der Waals surface area contributed by atoms with Crippen LogP contribution in [0.3, 0.4) is 0 Å². The second kappa shape index (κ2) is 4.87. The zero-order valence-electron chi connectivity index (χ0n) is 11.9. The lowest BCUT2D eigenvalue weighted by Gasteiger charge is -2.21. The first-order valence-corrected chi connectivity index (χ1v) is 7.16. The number of nitrogens with zero attached hydrogens (tertiary/aromatic N) is 3. The molecule has 0 saturated carbocycles. The number of aromatic nitrogens is 2. The van der Waals surface area contributed by atoms with E-state index in [4.69, 9.17) is 10.5 Å². The molecule has 2 aliphatic heterocycles. The third kappa shape index (κ3) is 1.93. The van der Waals surface area contributed by atoms with Crippen LogP contribution in [0.2, 0.25) is 0 Å². The summed E-state index contributed by atoms with van der Waals surface area (Å²) in [6.45, 7) is 1.74. The Morgan fingerprint density at radius 1 is 1.32 bits per heavy atom. The Morgan fingerprint density at radius 3 is 3.14 bits per heavy atom. The van der Waals surface area contributed by atoms with E-state index in [0.29, 0.717) is 13.2 Å². The maximum atomic E-state index is 12.8. The summed E-state index contributed by atoms with van der Waals surface area (Å²) in [5, 5.41) is 3.31. The molecular formula is C15H15N5O2. The minimum Gasteiger partial charge on any atom is -0.475 e. The molecule has 3 heterocycles. The molecule has 0 spiro atoms. The molecular weight excluding hydrogens is 282 g/mol. The maximum absolute atomic E-state index is 12.8. The quantitative estimate of drug-likeness (QED) is 0.817. The van der Waals surface area contributed by atoms with Crippen LogP contribution in [-0.2, 0) is 6.42 Å². The maximum Gasteiger partial charge on any atom is 0.267 e. The SMILES string of the molecule is Nc1ncnc2c1C(=O)N(c1ccc3c(c1)CCN3)CCO2. The van der Waals surface area contributed by atoms with Crippen molar-refractivity contribution >= 4 is 23.1 Å². The number of nitrogens with one attached hydrogen (secondary N) is 1. The Labute approximate surface area is 127 Å². The number of hydrogen-bond donors (Lipinski definition) is 2. The fraction of sp³-hybridized carbons (Fsp3) is 0.267. The van der Waals surface area contributed by atoms with Crippen molar-refractivity contribution in [3.8, 4) is 5.88 Å². The van der Waals surface area contributed by atoms with E-state index in [9.17, 15) is 4.79 Å². The van der Waals surface area contributed by atoms with E-state index in [1.165, 1.54) is 11.9 Å². The highest BCUT2D eigenvalue weighted by atomic mass is 16.5. The molecule has 1 aromatic heterocycles. The molecule has 3 N–H and O–H groups in total. The number of nitrogens with two attached hydrogens (primary N) is 1. The van der Waals surface area contributed by atoms with Crippen molar-refractivity contribution in [2.45, 2.75) is 6.42 Å². The van der Waals surface area contributed by atoms with Gasteiger partial charge in [-0.2, -0.15) is 0 Å². The molecule has 0 aliphatic carbocycles. The van der Waals surface area contributed by atoms with E-state index >= 15 is 0 Å². The van der Waals surface area contributed by atoms with Gasteiger partial charge in [0.1, 0.15) is 24.3 Å². The Hall–Kier alpha value is -2.83. The van der Waals surface area contributed by atoms with Crippen LogP contribution in [0, 0.1) is 0 Å². The predicted molar refractivity (Wildman–Crippen MR) is 82.3 cm³/mol. The molecule has 0 radical (unpaired) electrons. The minimum absolute atomic E-state index is 0.143. The summed E-state index contributed by atoms with van der Waals surface area (Å²) in [5.41, 5.74) is 9.26. The van der Waals surface area contributed by atoms with Gasteiger partial charge < -0.3 is 20.7 Å². The topological polar surface area (TPSA) is 93.4 Å². The van der Waals surface area contributed by atoms with Gasteiger partial charge in [-0.25, -0.2) is 9.97 Å². The highest BCUT2D eigenvalue weighted by Crippen LogP contribution is 2.31. The van der Waals surface area contributed by atoms with E-state index in [1.807, 2.05) is 18.2 Å². The summed E-state index contributed by atoms with van der Waals surface area (Å²) in [6, 6.07) is 5.97. The molecule has 0 fully saturated rings. The highest BCUT2D eigenvalue weighted by molar-refractivity contribution is 6.10. The Kier molecular flexibility index (Phi) is 2.85. The summed E-state index contributed by atoms with van der Waals surface area (Å²) in [7, 11) is 0. The van der Waals surface area contributed by atoms with Crippen molar-refractivity contribution in [2.75, 3.05) is 35.6 Å². The lowest BCUT2D eigenvalue weighted by molar-refractivity contribution is 0.0990. The number of fused-ring (bicyclic) bond motifs is 2. The zero-order valence-corrected chi connectivity index (χ0v) is 11.9. The van der Waals surface area contributed by atoms with Crippen molar-refractivity contribution in [1.29, 1.82) is 0 Å². The second-order valence-corrected chi connectivity index (χ2v) is 5.26. The fourth-order valence-electron chi connectivity index (χ4n) is 2.87. The van der Waals surface area contributed by atoms with Crippen molar-refractivity contribution < 1.29 is 9.53 Å². The molecule has 1 aromatic carbocycles. The van der Waals surface area contributed by atoms with Gasteiger partial charge in [0, 0.05) is 17.9 Å². The first-order valence-electron chi connectivity index (χ1n) is 7.16. The monoisotopic (exact) mass is 297 g/mol. The van der Waals surface area contributed by atoms with Gasteiger partial charge in [-0.3, -0.25) is 4.79 Å². The van der Waals surface area contributed by atoms with E-state index in [1.54, 1.807) is 4.90 Å². The molecule has 0 bridgehead atoms. The number of nitrogen functional groups attached to an aromatic ring is 1. The summed E-state index contributed by atoms with van der Waals surface area (Å²) in [6.07, 6.45) is 2.27. The Balaban J connectivity index is 1.76. The van der Waals surface area contributed by atoms with Gasteiger partial charge in [0.2, 0.25) is 5.88 Å². The molecule has 2 aliphatic rings. The van der Waals surface area contributed by atoms with Crippen molar-refractivity contribution in [3.05, 3.63) is 35.7 Å². The summed E-state index contributed by atoms with van der Waals surface area (Å²) in [4.78, 5) is 22.4. The molecule has 22 heavy (non-hydrogen) atoms. The second-order valence-electron chi connectivity index (χ2n) is 5.26. The van der Waals surface area contributed by atoms with Crippen LogP contribution < -0.4 is 20.7 Å². The third-order valence-corrected chi connectivity index (χ3v) is 3.96. The van der Waals surface area contributed by atoms with Crippen LogP contribution in [0.25, 0.3) is 0 Å². The molecule has 0 saturated heterocycles. The smallest absolute Gasteiger partial charge is 0.267 e. The van der Waals surface area contributed by atoms with Gasteiger partial charge in [-0.1, -0.05) is 0 Å². The van der Waals surface area contributed by atoms with Crippen molar-refractivity contribution in [1.82, 2.24) is 9.97 Å². The van der Waals surface area contributed by atoms with Gasteiger partial charge in [0.05, 0.1) is 6.54 Å². The Morgan fingerprint density at radius 2 is 2.23 bits per heavy atom. The Bertz CT molecular complexity index is 762. The predicted octanol–water partition coefficient (Wildman–Crippen LogP) is 1.07. The van der Waals surface area contributed by atoms with E-state index in [-0.39, 0.29) is 23.2 Å². The first-order chi connectivity index (χ1) is 10.7. The van der Waals surface area contributed by atoms with Gasteiger partial charge >= 0.3 is 0 Å². The standard InChI is InChI=1S/C15H15N5O2/c16-13-12-14(19-8-18-13)22-6-5-20(15(12)21)10-1-2-11-9(7-10)3-4-17-11/h1-2,7-8,17H,3-6H2,(H2,16,18,19). The normalized spacial score (nSPS) is 16.4. The molecule has 7 heteroatoms. The zero-order chi connectivity index (χ0) is 15.1. The fourth-order valence-corrected chi connectivity index (χ4v) is 2.87.